The van der Waals surface area contributed by atoms with E-state index in [1.165, 1.54) is 0 Å². The lowest BCUT2D eigenvalue weighted by atomic mass is 9.87. The average Bonchev–Trinajstić information content (AvgIpc) is 2.98. The third-order valence-corrected chi connectivity index (χ3v) is 8.64. The minimum absolute atomic E-state index is 0.494. The molecule has 1 saturated heterocycles. The van der Waals surface area contributed by atoms with E-state index in [9.17, 15) is 5.26 Å². The molecule has 0 amide bonds. The van der Waals surface area contributed by atoms with Gasteiger partial charge in [-0.3, -0.25) is 0 Å². The molecule has 3 nitrogen and oxygen atoms in total. The lowest BCUT2D eigenvalue weighted by Gasteiger charge is -2.43. The Morgan fingerprint density at radius 1 is 1.44 bits per heavy atom. The minimum atomic E-state index is -1.87. The predicted octanol–water partition coefficient (Wildman–Crippen LogP) is 3.90. The average molecular weight is 393 g/mol. The highest BCUT2D eigenvalue weighted by Gasteiger charge is 2.70. The first-order valence-electron chi connectivity index (χ1n) is 5.64. The summed E-state index contributed by atoms with van der Waals surface area (Å²) in [5, 5.41) is 9.23. The van der Waals surface area contributed by atoms with Gasteiger partial charge in [-0.05, 0) is 22.0 Å². The van der Waals surface area contributed by atoms with E-state index in [-0.39, 0.29) is 0 Å². The smallest absolute Gasteiger partial charge is 0.144 e. The molecule has 2 aliphatic rings. The molecule has 1 spiro atoms. The largest absolute Gasteiger partial charge is 0.495 e. The Labute approximate surface area is 125 Å². The normalized spacial score (nSPS) is 35.3. The van der Waals surface area contributed by atoms with Crippen LogP contribution in [-0.4, -0.2) is 27.4 Å². The molecule has 98 valence electrons. The number of rotatable bonds is 2. The number of halogens is 2. The summed E-state index contributed by atoms with van der Waals surface area (Å²) >= 11 is 7.10. The van der Waals surface area contributed by atoms with E-state index in [2.05, 4.69) is 57.6 Å². The van der Waals surface area contributed by atoms with Gasteiger partial charge >= 0.3 is 0 Å². The lowest BCUT2D eigenvalue weighted by molar-refractivity contribution is 0.277. The van der Waals surface area contributed by atoms with Crippen LogP contribution in [0.15, 0.2) is 20.8 Å². The van der Waals surface area contributed by atoms with Crippen LogP contribution < -0.4 is 0 Å². The van der Waals surface area contributed by atoms with E-state index in [1.807, 2.05) is 6.08 Å². The molecule has 0 N–H and O–H groups in total. The fourth-order valence-electron chi connectivity index (χ4n) is 2.68. The molecule has 1 aliphatic heterocycles. The summed E-state index contributed by atoms with van der Waals surface area (Å²) in [5.41, 5.74) is -0.494. The number of nitriles is 1. The molecular formula is C12H15Br2NO2Si. The number of epoxide rings is 1. The second-order valence-electron chi connectivity index (χ2n) is 5.63. The number of nitrogens with zero attached hydrogens (tertiary/aromatic N) is 1. The molecule has 6 heteroatoms. The molecule has 1 aliphatic carbocycles. The van der Waals surface area contributed by atoms with Crippen molar-refractivity contribution in [1.29, 1.82) is 5.26 Å². The SMILES string of the molecule is COC1=C(Br)[C@@](C#N)([Si](C)(C)C)[C@]2(C=C1Br)CO2. The van der Waals surface area contributed by atoms with Crippen LogP contribution in [0.25, 0.3) is 0 Å². The van der Waals surface area contributed by atoms with E-state index in [4.69, 9.17) is 9.47 Å². The van der Waals surface area contributed by atoms with Crippen molar-refractivity contribution >= 4 is 39.9 Å². The Kier molecular flexibility index (Phi) is 3.34. The van der Waals surface area contributed by atoms with Crippen LogP contribution in [0.1, 0.15) is 0 Å². The zero-order valence-electron chi connectivity index (χ0n) is 10.8. The van der Waals surface area contributed by atoms with Gasteiger partial charge < -0.3 is 9.47 Å². The molecule has 1 fully saturated rings. The Morgan fingerprint density at radius 2 is 2.00 bits per heavy atom. The first-order chi connectivity index (χ1) is 8.25. The van der Waals surface area contributed by atoms with Crippen molar-refractivity contribution in [3.8, 4) is 6.07 Å². The van der Waals surface area contributed by atoms with Gasteiger partial charge in [0.05, 0.1) is 36.8 Å². The maximum absolute atomic E-state index is 9.86. The van der Waals surface area contributed by atoms with E-state index in [0.717, 1.165) is 8.96 Å². The third kappa shape index (κ3) is 1.61. The zero-order valence-corrected chi connectivity index (χ0v) is 15.0. The molecule has 0 saturated carbocycles. The van der Waals surface area contributed by atoms with Crippen LogP contribution in [0, 0.1) is 11.3 Å². The van der Waals surface area contributed by atoms with Gasteiger partial charge in [0.15, 0.2) is 0 Å². The Morgan fingerprint density at radius 3 is 2.33 bits per heavy atom. The quantitative estimate of drug-likeness (QED) is 0.528. The second kappa shape index (κ2) is 4.20. The number of hydrogen-bond donors (Lipinski definition) is 0. The highest BCUT2D eigenvalue weighted by atomic mass is 79.9. The van der Waals surface area contributed by atoms with Crippen molar-refractivity contribution in [2.24, 2.45) is 0 Å². The molecule has 0 aromatic rings. The Balaban J connectivity index is 2.73. The van der Waals surface area contributed by atoms with Crippen LogP contribution >= 0.6 is 31.9 Å². The summed E-state index contributed by atoms with van der Waals surface area (Å²) < 4.78 is 12.8. The van der Waals surface area contributed by atoms with Crippen molar-refractivity contribution in [2.75, 3.05) is 13.7 Å². The first-order valence-corrected chi connectivity index (χ1v) is 10.7. The zero-order chi connectivity index (χ0) is 13.8. The van der Waals surface area contributed by atoms with Gasteiger partial charge in [-0.2, -0.15) is 5.26 Å². The molecule has 0 unspecified atom stereocenters. The van der Waals surface area contributed by atoms with Crippen LogP contribution in [0.2, 0.25) is 24.7 Å². The van der Waals surface area contributed by atoms with Crippen molar-refractivity contribution in [2.45, 2.75) is 30.3 Å². The van der Waals surface area contributed by atoms with Crippen molar-refractivity contribution < 1.29 is 9.47 Å². The highest BCUT2D eigenvalue weighted by molar-refractivity contribution is 9.12. The topological polar surface area (TPSA) is 45.5 Å². The monoisotopic (exact) mass is 391 g/mol. The molecule has 1 heterocycles. The van der Waals surface area contributed by atoms with Crippen molar-refractivity contribution in [3.05, 3.63) is 20.8 Å². The number of methoxy groups -OCH3 is 1. The minimum Gasteiger partial charge on any atom is -0.495 e. The number of hydrogen-bond acceptors (Lipinski definition) is 3. The van der Waals surface area contributed by atoms with Gasteiger partial charge in [0.1, 0.15) is 16.4 Å². The highest BCUT2D eigenvalue weighted by Crippen LogP contribution is 2.66. The summed E-state index contributed by atoms with van der Waals surface area (Å²) in [6.07, 6.45) is 1.98. The van der Waals surface area contributed by atoms with E-state index >= 15 is 0 Å². The molecule has 18 heavy (non-hydrogen) atoms. The molecule has 2 rings (SSSR count). The lowest BCUT2D eigenvalue weighted by Crippen LogP contribution is -2.50. The first kappa shape index (κ1) is 14.3. The molecule has 0 bridgehead atoms. The molecule has 0 aromatic carbocycles. The summed E-state index contributed by atoms with van der Waals surface area (Å²) in [6, 6.07) is 2.53. The van der Waals surface area contributed by atoms with Crippen molar-refractivity contribution in [1.82, 2.24) is 0 Å². The maximum atomic E-state index is 9.86. The Hall–Kier alpha value is -0.0931. The third-order valence-electron chi connectivity index (χ3n) is 3.69. The van der Waals surface area contributed by atoms with Crippen LogP contribution in [-0.2, 0) is 9.47 Å². The Bertz CT molecular complexity index is 497. The second-order valence-corrected chi connectivity index (χ2v) is 12.5. The summed E-state index contributed by atoms with van der Waals surface area (Å²) in [5.74, 6) is 0.695. The summed E-state index contributed by atoms with van der Waals surface area (Å²) in [7, 11) is -0.252. The fraction of sp³-hybridized carbons (Fsp3) is 0.583. The number of allylic oxidation sites excluding steroid dienone is 1. The molecule has 2 atom stereocenters. The fourth-order valence-corrected chi connectivity index (χ4v) is 8.85. The van der Waals surface area contributed by atoms with Gasteiger partial charge in [0, 0.05) is 0 Å². The van der Waals surface area contributed by atoms with E-state index in [0.29, 0.717) is 12.4 Å². The van der Waals surface area contributed by atoms with Crippen LogP contribution in [0.4, 0.5) is 0 Å². The van der Waals surface area contributed by atoms with Crippen LogP contribution in [0.5, 0.6) is 0 Å². The van der Waals surface area contributed by atoms with Gasteiger partial charge in [-0.25, -0.2) is 0 Å². The maximum Gasteiger partial charge on any atom is 0.144 e. The molecule has 0 radical (unpaired) electrons. The summed E-state index contributed by atoms with van der Waals surface area (Å²) in [6.45, 7) is 7.13. The standard InChI is InChI=1S/C12H15Br2NO2Si/c1-16-9-8(13)5-11(7-17-11)12(6-15,10(9)14)18(2,3)4/h5H,7H2,1-4H3/t11-,12+/m0/s1. The molecule has 0 aromatic heterocycles. The number of ether oxygens (including phenoxy) is 2. The van der Waals surface area contributed by atoms with Gasteiger partial charge in [0.25, 0.3) is 0 Å². The van der Waals surface area contributed by atoms with Gasteiger partial charge in [-0.1, -0.05) is 35.6 Å². The summed E-state index contributed by atoms with van der Waals surface area (Å²) in [4.78, 5) is 0. The van der Waals surface area contributed by atoms with E-state index < -0.39 is 18.7 Å². The van der Waals surface area contributed by atoms with Crippen LogP contribution in [0.3, 0.4) is 0 Å². The van der Waals surface area contributed by atoms with E-state index in [1.54, 1.807) is 7.11 Å². The van der Waals surface area contributed by atoms with Crippen molar-refractivity contribution in [3.63, 3.8) is 0 Å². The predicted molar refractivity (Wildman–Crippen MR) is 80.3 cm³/mol. The van der Waals surface area contributed by atoms with Gasteiger partial charge in [-0.15, -0.1) is 0 Å². The van der Waals surface area contributed by atoms with Gasteiger partial charge in [0.2, 0.25) is 0 Å². The molecular weight excluding hydrogens is 378 g/mol.